The fourth-order valence-electron chi connectivity index (χ4n) is 1.87. The van der Waals surface area contributed by atoms with Gasteiger partial charge in [-0.15, -0.1) is 0 Å². The summed E-state index contributed by atoms with van der Waals surface area (Å²) >= 11 is 0. The van der Waals surface area contributed by atoms with Crippen LogP contribution < -0.4 is 51.4 Å². The van der Waals surface area contributed by atoms with Gasteiger partial charge in [-0.3, -0.25) is 4.79 Å². The van der Waals surface area contributed by atoms with Gasteiger partial charge < -0.3 is 17.8 Å². The normalized spacial score (nSPS) is 31.7. The van der Waals surface area contributed by atoms with Crippen molar-refractivity contribution in [1.82, 2.24) is 4.90 Å². The summed E-state index contributed by atoms with van der Waals surface area (Å²) < 4.78 is 36.5. The zero-order valence-corrected chi connectivity index (χ0v) is 12.6. The molecule has 3 atom stereocenters. The van der Waals surface area contributed by atoms with Crippen LogP contribution in [-0.4, -0.2) is 30.3 Å². The van der Waals surface area contributed by atoms with Gasteiger partial charge in [0, 0.05) is 12.0 Å². The van der Waals surface area contributed by atoms with E-state index in [1.807, 2.05) is 6.92 Å². The second kappa shape index (κ2) is 5.53. The van der Waals surface area contributed by atoms with Gasteiger partial charge in [0.15, 0.2) is 0 Å². The van der Waals surface area contributed by atoms with Crippen LogP contribution in [0.2, 0.25) is 0 Å². The largest absolute Gasteiger partial charge is 1.00 e. The minimum Gasteiger partial charge on any atom is -0.448 e. The first-order valence-corrected chi connectivity index (χ1v) is 4.75. The maximum Gasteiger partial charge on any atom is 1.00 e. The molecular formula is C8H14BF3KNO. The van der Waals surface area contributed by atoms with E-state index >= 15 is 0 Å². The van der Waals surface area contributed by atoms with Crippen molar-refractivity contribution < 1.29 is 69.1 Å². The molecule has 2 nitrogen and oxygen atoms in total. The number of nitrogens with zero attached hydrogens (tertiary/aromatic N) is 1. The molecule has 15 heavy (non-hydrogen) atoms. The number of amides is 1. The van der Waals surface area contributed by atoms with Crippen molar-refractivity contribution in [3.63, 3.8) is 0 Å². The number of carbonyl (C=O) groups is 1. The Bertz CT molecular complexity index is 249. The molecule has 82 valence electrons. The van der Waals surface area contributed by atoms with Crippen molar-refractivity contribution in [3.8, 4) is 0 Å². The number of hydrogen-bond acceptors (Lipinski definition) is 1. The molecule has 7 heteroatoms. The second-order valence-corrected chi connectivity index (χ2v) is 4.09. The van der Waals surface area contributed by atoms with E-state index in [1.165, 1.54) is 0 Å². The molecule has 0 aromatic rings. The van der Waals surface area contributed by atoms with E-state index in [4.69, 9.17) is 0 Å². The molecule has 1 aliphatic heterocycles. The molecule has 0 radical (unpaired) electrons. The molecule has 0 bridgehead atoms. The molecule has 1 amide bonds. The Labute approximate surface area is 130 Å². The van der Waals surface area contributed by atoms with Gasteiger partial charge in [0.25, 0.3) is 0 Å². The smallest absolute Gasteiger partial charge is 0.448 e. The number of carbonyl (C=O) groups excluding carboxylic acids is 1. The van der Waals surface area contributed by atoms with Gasteiger partial charge >= 0.3 is 58.4 Å². The van der Waals surface area contributed by atoms with Gasteiger partial charge in [0.2, 0.25) is 5.91 Å². The summed E-state index contributed by atoms with van der Waals surface area (Å²) in [5, 5.41) is 0. The number of likely N-dealkylation sites (tertiary alicyclic amines) is 1. The zero-order valence-electron chi connectivity index (χ0n) is 9.51. The van der Waals surface area contributed by atoms with Crippen molar-refractivity contribution in [2.24, 2.45) is 11.8 Å². The molecular weight excluding hydrogens is 233 g/mol. The van der Waals surface area contributed by atoms with Crippen LogP contribution in [0.5, 0.6) is 0 Å². The molecule has 0 spiro atoms. The summed E-state index contributed by atoms with van der Waals surface area (Å²) in [5.74, 6) is -0.659. The first kappa shape index (κ1) is 16.0. The van der Waals surface area contributed by atoms with E-state index in [0.29, 0.717) is 0 Å². The molecule has 1 rings (SSSR count). The van der Waals surface area contributed by atoms with Gasteiger partial charge in [0.1, 0.15) is 0 Å². The van der Waals surface area contributed by atoms with E-state index in [1.54, 1.807) is 13.8 Å². The first-order valence-electron chi connectivity index (χ1n) is 4.75. The fraction of sp³-hybridized carbons (Fsp3) is 0.875. The quantitative estimate of drug-likeness (QED) is 0.566. The third kappa shape index (κ3) is 3.73. The van der Waals surface area contributed by atoms with E-state index in [0.717, 1.165) is 4.90 Å². The Morgan fingerprint density at radius 1 is 1.27 bits per heavy atom. The summed E-state index contributed by atoms with van der Waals surface area (Å²) in [5.41, 5.74) is 0. The number of halogens is 3. The van der Waals surface area contributed by atoms with Gasteiger partial charge in [-0.05, 0) is 19.3 Å². The minimum absolute atomic E-state index is 0. The SMILES string of the molecule is CC1C(=O)N(C[B-](F)(F)F)C(C)C1C.[K+]. The Kier molecular flexibility index (Phi) is 5.89. The van der Waals surface area contributed by atoms with Crippen molar-refractivity contribution in [1.29, 1.82) is 0 Å². The first-order chi connectivity index (χ1) is 6.24. The van der Waals surface area contributed by atoms with Gasteiger partial charge in [-0.25, -0.2) is 0 Å². The molecule has 1 saturated heterocycles. The minimum atomic E-state index is -4.91. The Balaban J connectivity index is 0.00000196. The third-order valence-corrected chi connectivity index (χ3v) is 3.12. The molecule has 0 saturated carbocycles. The van der Waals surface area contributed by atoms with Crippen LogP contribution in [0, 0.1) is 11.8 Å². The van der Waals surface area contributed by atoms with Crippen LogP contribution in [0.3, 0.4) is 0 Å². The molecule has 0 N–H and O–H groups in total. The fourth-order valence-corrected chi connectivity index (χ4v) is 1.87. The maximum absolute atomic E-state index is 12.2. The van der Waals surface area contributed by atoms with Crippen LogP contribution in [-0.2, 0) is 4.79 Å². The van der Waals surface area contributed by atoms with E-state index in [9.17, 15) is 17.7 Å². The van der Waals surface area contributed by atoms with Crippen LogP contribution in [0.15, 0.2) is 0 Å². The summed E-state index contributed by atoms with van der Waals surface area (Å²) in [6.45, 7) is 0.267. The summed E-state index contributed by atoms with van der Waals surface area (Å²) in [4.78, 5) is 12.4. The average Bonchev–Trinajstić information content (AvgIpc) is 2.20. The van der Waals surface area contributed by atoms with Gasteiger partial charge in [0.05, 0.1) is 0 Å². The second-order valence-electron chi connectivity index (χ2n) is 4.09. The van der Waals surface area contributed by atoms with Crippen molar-refractivity contribution in [2.75, 3.05) is 6.44 Å². The predicted molar refractivity (Wildman–Crippen MR) is 48.6 cm³/mol. The van der Waals surface area contributed by atoms with Crippen LogP contribution >= 0.6 is 0 Å². The van der Waals surface area contributed by atoms with Crippen LogP contribution in [0.25, 0.3) is 0 Å². The molecule has 0 aliphatic carbocycles. The van der Waals surface area contributed by atoms with E-state index < -0.39 is 13.4 Å². The number of rotatable bonds is 2. The third-order valence-electron chi connectivity index (χ3n) is 3.12. The molecule has 1 fully saturated rings. The number of hydrogen-bond donors (Lipinski definition) is 0. The molecule has 3 unspecified atom stereocenters. The van der Waals surface area contributed by atoms with Gasteiger partial charge in [-0.1, -0.05) is 13.8 Å². The standard InChI is InChI=1S/C8H14BF3NO.K/c1-5-6(2)8(14)13(7(5)3)4-9(10,11)12;/h5-7H,4H2,1-3H3;/q-1;+1. The Morgan fingerprint density at radius 3 is 2.00 bits per heavy atom. The average molecular weight is 247 g/mol. The van der Waals surface area contributed by atoms with Crippen LogP contribution in [0.1, 0.15) is 20.8 Å². The molecule has 1 aliphatic rings. The molecule has 0 aromatic heterocycles. The Hall–Kier alpha value is 0.961. The summed E-state index contributed by atoms with van der Waals surface area (Å²) in [6, 6.07) is -0.305. The van der Waals surface area contributed by atoms with Gasteiger partial charge in [-0.2, -0.15) is 0 Å². The summed E-state index contributed by atoms with van der Waals surface area (Å²) in [6.07, 6.45) is -1.06. The molecule has 0 aromatic carbocycles. The van der Waals surface area contributed by atoms with E-state index in [-0.39, 0.29) is 75.2 Å². The van der Waals surface area contributed by atoms with Crippen molar-refractivity contribution in [2.45, 2.75) is 26.8 Å². The zero-order chi connectivity index (χ0) is 11.1. The summed E-state index contributed by atoms with van der Waals surface area (Å²) in [7, 11) is 0. The van der Waals surface area contributed by atoms with Crippen molar-refractivity contribution in [3.05, 3.63) is 0 Å². The predicted octanol–water partition coefficient (Wildman–Crippen LogP) is -1.12. The van der Waals surface area contributed by atoms with Crippen molar-refractivity contribution >= 4 is 12.9 Å². The maximum atomic E-state index is 12.2. The Morgan fingerprint density at radius 2 is 1.73 bits per heavy atom. The van der Waals surface area contributed by atoms with E-state index in [2.05, 4.69) is 0 Å². The topological polar surface area (TPSA) is 20.3 Å². The monoisotopic (exact) mass is 247 g/mol. The molecule has 1 heterocycles. The van der Waals surface area contributed by atoms with Crippen LogP contribution in [0.4, 0.5) is 12.9 Å².